The second-order valence-electron chi connectivity index (χ2n) is 12.9. The molecule has 6 rings (SSSR count). The van der Waals surface area contributed by atoms with Crippen LogP contribution in [0.3, 0.4) is 0 Å². The van der Waals surface area contributed by atoms with Crippen LogP contribution >= 0.6 is 0 Å². The van der Waals surface area contributed by atoms with Gasteiger partial charge in [0.25, 0.3) is 0 Å². The summed E-state index contributed by atoms with van der Waals surface area (Å²) >= 11 is 0. The zero-order valence-corrected chi connectivity index (χ0v) is 27.1. The highest BCUT2D eigenvalue weighted by Gasteiger charge is 2.43. The van der Waals surface area contributed by atoms with Crippen LogP contribution in [0.15, 0.2) is 73.1 Å². The number of pyridine rings is 2. The van der Waals surface area contributed by atoms with E-state index in [1.807, 2.05) is 0 Å². The van der Waals surface area contributed by atoms with Crippen LogP contribution in [0, 0.1) is 0 Å². The lowest BCUT2D eigenvalue weighted by Gasteiger charge is -2.35. The van der Waals surface area contributed by atoms with Crippen molar-refractivity contribution in [1.29, 1.82) is 0 Å². The zero-order valence-electron chi connectivity index (χ0n) is 27.1. The van der Waals surface area contributed by atoms with E-state index in [2.05, 4.69) is 19.8 Å². The third-order valence-electron chi connectivity index (χ3n) is 9.58. The van der Waals surface area contributed by atoms with Crippen LogP contribution in [0.25, 0.3) is 22.3 Å². The van der Waals surface area contributed by atoms with E-state index >= 15 is 0 Å². The highest BCUT2D eigenvalue weighted by molar-refractivity contribution is 5.73. The summed E-state index contributed by atoms with van der Waals surface area (Å²) in [5, 5.41) is 0. The number of hydrogen-bond acceptors (Lipinski definition) is 4. The first-order valence-corrected chi connectivity index (χ1v) is 16.3. The predicted molar refractivity (Wildman–Crippen MR) is 166 cm³/mol. The Hall–Kier alpha value is -4.18. The smallest absolute Gasteiger partial charge is 0.293 e. The number of rotatable bonds is 7. The molecule has 0 spiro atoms. The van der Waals surface area contributed by atoms with Crippen LogP contribution < -0.4 is 0 Å². The van der Waals surface area contributed by atoms with E-state index in [1.54, 1.807) is 0 Å². The Bertz CT molecular complexity index is 1660. The molecule has 0 amide bonds. The summed E-state index contributed by atoms with van der Waals surface area (Å²) in [5.41, 5.74) is -7.39. The normalized spacial score (nSPS) is 19.5. The summed E-state index contributed by atoms with van der Waals surface area (Å²) in [5.74, 6) is 0. The van der Waals surface area contributed by atoms with Crippen molar-refractivity contribution in [1.82, 2.24) is 19.8 Å². The van der Waals surface area contributed by atoms with Crippen molar-refractivity contribution in [2.45, 2.75) is 75.6 Å². The van der Waals surface area contributed by atoms with Crippen LogP contribution in [-0.4, -0.2) is 44.9 Å². The minimum Gasteiger partial charge on any atom is -0.293 e. The first kappa shape index (κ1) is 37.6. The maximum absolute atomic E-state index is 13.7. The van der Waals surface area contributed by atoms with Gasteiger partial charge in [0.2, 0.25) is 0 Å². The topological polar surface area (TPSA) is 32.3 Å². The molecular formula is C36H30F12N4. The Morgan fingerprint density at radius 1 is 0.481 bits per heavy atom. The number of halogens is 12. The summed E-state index contributed by atoms with van der Waals surface area (Å²) < 4.78 is 165. The molecule has 2 aromatic heterocycles. The van der Waals surface area contributed by atoms with Gasteiger partial charge in [-0.3, -0.25) is 19.8 Å². The summed E-state index contributed by atoms with van der Waals surface area (Å²) in [4.78, 5) is 12.8. The van der Waals surface area contributed by atoms with Crippen molar-refractivity contribution >= 4 is 0 Å². The summed E-state index contributed by atoms with van der Waals surface area (Å²) in [6.07, 6.45) is -14.8. The van der Waals surface area contributed by atoms with Crippen molar-refractivity contribution in [3.63, 3.8) is 0 Å². The molecule has 0 unspecified atom stereocenters. The SMILES string of the molecule is FC(F)(F)c1cccc(C(F)(F)F)c1-c1ccc(CN2CCC[C@H]2[C@@H]2CCCN2Cc2ccc(-c3c(C(F)(F)F)cccc3C(F)(F)F)cn2)nc1. The molecule has 4 heterocycles. The van der Waals surface area contributed by atoms with Gasteiger partial charge < -0.3 is 0 Å². The molecule has 16 heteroatoms. The number of aromatic nitrogens is 2. The molecular weight excluding hydrogens is 716 g/mol. The minimum absolute atomic E-state index is 0.0130. The van der Waals surface area contributed by atoms with Gasteiger partial charge in [0.05, 0.1) is 33.6 Å². The van der Waals surface area contributed by atoms with Gasteiger partial charge in [-0.15, -0.1) is 0 Å². The molecule has 4 aromatic rings. The van der Waals surface area contributed by atoms with E-state index in [1.165, 1.54) is 24.3 Å². The molecule has 0 saturated carbocycles. The monoisotopic (exact) mass is 746 g/mol. The average Bonchev–Trinajstić information content (AvgIpc) is 3.72. The van der Waals surface area contributed by atoms with Crippen molar-refractivity contribution in [2.75, 3.05) is 13.1 Å². The van der Waals surface area contributed by atoms with E-state index in [0.717, 1.165) is 38.1 Å². The van der Waals surface area contributed by atoms with Gasteiger partial charge in [-0.2, -0.15) is 52.7 Å². The van der Waals surface area contributed by atoms with Crippen molar-refractivity contribution in [3.05, 3.63) is 107 Å². The summed E-state index contributed by atoms with van der Waals surface area (Å²) in [6, 6.07) is 9.08. The fourth-order valence-electron chi connectivity index (χ4n) is 7.39. The van der Waals surface area contributed by atoms with E-state index in [4.69, 9.17) is 0 Å². The fourth-order valence-corrected chi connectivity index (χ4v) is 7.39. The number of hydrogen-bond donors (Lipinski definition) is 0. The molecule has 2 aliphatic heterocycles. The quantitative estimate of drug-likeness (QED) is 0.176. The molecule has 2 atom stereocenters. The lowest BCUT2D eigenvalue weighted by Crippen LogP contribution is -2.45. The molecule has 0 radical (unpaired) electrons. The van der Waals surface area contributed by atoms with Crippen molar-refractivity contribution in [3.8, 4) is 22.3 Å². The predicted octanol–water partition coefficient (Wildman–Crippen LogP) is 10.5. The number of alkyl halides is 12. The first-order chi connectivity index (χ1) is 24.3. The molecule has 4 nitrogen and oxygen atoms in total. The molecule has 2 saturated heterocycles. The average molecular weight is 747 g/mol. The van der Waals surface area contributed by atoms with Crippen LogP contribution in [0.5, 0.6) is 0 Å². The van der Waals surface area contributed by atoms with Gasteiger partial charge >= 0.3 is 24.7 Å². The van der Waals surface area contributed by atoms with Gasteiger partial charge in [0.1, 0.15) is 0 Å². The second-order valence-corrected chi connectivity index (χ2v) is 12.9. The van der Waals surface area contributed by atoms with Gasteiger partial charge in [-0.1, -0.05) is 24.3 Å². The standard InChI is InChI=1S/C36H30F12N4/c37-33(38,39)25-5-1-6-26(34(40,41)42)31(25)21-11-13-23(49-17-21)19-51-15-3-9-29(51)30-10-4-16-52(30)20-24-14-12-22(18-50-24)32-27(35(43,44)45)7-2-8-28(32)36(46,47)48/h1-2,5-8,11-14,17-18,29-30H,3-4,9-10,15-16,19-20H2/t29-,30-/m0/s1. The largest absolute Gasteiger partial charge is 0.417 e. The molecule has 0 aliphatic carbocycles. The van der Waals surface area contributed by atoms with Gasteiger partial charge in [0.15, 0.2) is 0 Å². The van der Waals surface area contributed by atoms with Gasteiger partial charge in [0, 0.05) is 59.8 Å². The first-order valence-electron chi connectivity index (χ1n) is 16.3. The van der Waals surface area contributed by atoms with E-state index < -0.39 is 58.1 Å². The van der Waals surface area contributed by atoms with E-state index in [9.17, 15) is 52.7 Å². The van der Waals surface area contributed by atoms with Crippen LogP contribution in [0.2, 0.25) is 0 Å². The third kappa shape index (κ3) is 7.92. The number of benzene rings is 2. The van der Waals surface area contributed by atoms with Crippen LogP contribution in [0.1, 0.15) is 59.3 Å². The Balaban J connectivity index is 1.18. The Kier molecular flexibility index (Phi) is 10.1. The fraction of sp³-hybridized carbons (Fsp3) is 0.389. The van der Waals surface area contributed by atoms with Gasteiger partial charge in [-0.25, -0.2) is 0 Å². The van der Waals surface area contributed by atoms with Crippen LogP contribution in [-0.2, 0) is 37.8 Å². The lowest BCUT2D eigenvalue weighted by atomic mass is 9.94. The Labute approximate surface area is 290 Å². The number of likely N-dealkylation sites (tertiary alicyclic amines) is 2. The van der Waals surface area contributed by atoms with Crippen LogP contribution in [0.4, 0.5) is 52.7 Å². The third-order valence-corrected chi connectivity index (χ3v) is 9.58. The summed E-state index contributed by atoms with van der Waals surface area (Å²) in [6.45, 7) is 1.91. The minimum atomic E-state index is -5.03. The molecule has 52 heavy (non-hydrogen) atoms. The molecule has 2 aliphatic rings. The van der Waals surface area contributed by atoms with E-state index in [-0.39, 0.29) is 36.3 Å². The van der Waals surface area contributed by atoms with Gasteiger partial charge in [-0.05, 0) is 75.2 Å². The molecule has 0 bridgehead atoms. The Morgan fingerprint density at radius 2 is 0.808 bits per heavy atom. The lowest BCUT2D eigenvalue weighted by molar-refractivity contribution is -0.143. The molecule has 278 valence electrons. The zero-order chi connectivity index (χ0) is 37.6. The highest BCUT2D eigenvalue weighted by atomic mass is 19.4. The maximum atomic E-state index is 13.7. The number of nitrogens with zero attached hydrogens (tertiary/aromatic N) is 4. The summed E-state index contributed by atoms with van der Waals surface area (Å²) in [7, 11) is 0. The maximum Gasteiger partial charge on any atom is 0.417 e. The van der Waals surface area contributed by atoms with Crippen molar-refractivity contribution in [2.24, 2.45) is 0 Å². The Morgan fingerprint density at radius 3 is 1.08 bits per heavy atom. The molecule has 2 fully saturated rings. The second kappa shape index (κ2) is 14.0. The highest BCUT2D eigenvalue weighted by Crippen LogP contribution is 2.46. The van der Waals surface area contributed by atoms with Crippen molar-refractivity contribution < 1.29 is 52.7 Å². The molecule has 2 aromatic carbocycles. The molecule has 0 N–H and O–H groups in total. The van der Waals surface area contributed by atoms with E-state index in [0.29, 0.717) is 60.9 Å².